The standard InChI is InChI=1S/C29H23ClN4O5/c1-15(28(37)38)31-26(35)19-10-3-5-12-22(19)34-27(36)23-14-20-18-9-2-4-11-21(18)32-24(20)25(33(23)29(34)39)16-7-6-8-17(30)13-16/h2-13,15,23,25,32H,14H2,1H3,(H,31,35)(H,37,38)/t15-,23+,25+/m1/s1. The predicted molar refractivity (Wildman–Crippen MR) is 145 cm³/mol. The van der Waals surface area contributed by atoms with E-state index >= 15 is 0 Å². The van der Waals surface area contributed by atoms with E-state index in [0.29, 0.717) is 11.4 Å². The summed E-state index contributed by atoms with van der Waals surface area (Å²) < 4.78 is 0. The highest BCUT2D eigenvalue weighted by molar-refractivity contribution is 6.30. The number of carbonyl (C=O) groups excluding carboxylic acids is 3. The van der Waals surface area contributed by atoms with Crippen LogP contribution in [0, 0.1) is 0 Å². The topological polar surface area (TPSA) is 123 Å². The van der Waals surface area contributed by atoms with Crippen LogP contribution in [0.2, 0.25) is 5.02 Å². The van der Waals surface area contributed by atoms with Crippen LogP contribution in [0.1, 0.15) is 40.1 Å². The molecule has 0 spiro atoms. The molecule has 0 unspecified atom stereocenters. The van der Waals surface area contributed by atoms with Crippen molar-refractivity contribution in [2.45, 2.75) is 31.5 Å². The Hall–Kier alpha value is -4.63. The van der Waals surface area contributed by atoms with E-state index in [1.165, 1.54) is 19.1 Å². The lowest BCUT2D eigenvalue weighted by Crippen LogP contribution is -2.44. The number of urea groups is 1. The van der Waals surface area contributed by atoms with Crippen molar-refractivity contribution < 1.29 is 24.3 Å². The van der Waals surface area contributed by atoms with E-state index in [0.717, 1.165) is 32.6 Å². The lowest BCUT2D eigenvalue weighted by atomic mass is 9.89. The van der Waals surface area contributed by atoms with Crippen LogP contribution in [0.5, 0.6) is 0 Å². The van der Waals surface area contributed by atoms with Gasteiger partial charge in [-0.25, -0.2) is 9.69 Å². The molecule has 3 N–H and O–H groups in total. The van der Waals surface area contributed by atoms with Gasteiger partial charge in [-0.15, -0.1) is 0 Å². The highest BCUT2D eigenvalue weighted by Gasteiger charge is 2.53. The molecule has 3 heterocycles. The lowest BCUT2D eigenvalue weighted by molar-refractivity contribution is -0.138. The van der Waals surface area contributed by atoms with Crippen LogP contribution in [0.25, 0.3) is 10.9 Å². The van der Waals surface area contributed by atoms with Crippen molar-refractivity contribution in [3.05, 3.63) is 100 Å². The number of imide groups is 1. The van der Waals surface area contributed by atoms with Crippen molar-refractivity contribution in [3.8, 4) is 0 Å². The van der Waals surface area contributed by atoms with Crippen molar-refractivity contribution >= 4 is 52.0 Å². The molecule has 2 aliphatic heterocycles. The zero-order valence-electron chi connectivity index (χ0n) is 20.7. The molecule has 4 aromatic rings. The van der Waals surface area contributed by atoms with Crippen LogP contribution < -0.4 is 10.2 Å². The molecule has 9 nitrogen and oxygen atoms in total. The minimum absolute atomic E-state index is 0.0235. The molecule has 0 saturated carbocycles. The number of rotatable bonds is 5. The van der Waals surface area contributed by atoms with Crippen LogP contribution in [0.4, 0.5) is 10.5 Å². The van der Waals surface area contributed by atoms with Crippen LogP contribution in [-0.4, -0.2) is 50.9 Å². The summed E-state index contributed by atoms with van der Waals surface area (Å²) in [6.07, 6.45) is 0.294. The Morgan fingerprint density at radius 2 is 1.79 bits per heavy atom. The lowest BCUT2D eigenvalue weighted by Gasteiger charge is -2.36. The Morgan fingerprint density at radius 3 is 2.56 bits per heavy atom. The molecule has 196 valence electrons. The fourth-order valence-corrected chi connectivity index (χ4v) is 5.71. The van der Waals surface area contributed by atoms with Crippen molar-refractivity contribution in [2.75, 3.05) is 4.90 Å². The number of hydrogen-bond donors (Lipinski definition) is 3. The summed E-state index contributed by atoms with van der Waals surface area (Å²) in [5.41, 5.74) is 3.51. The van der Waals surface area contributed by atoms with E-state index in [1.54, 1.807) is 35.2 Å². The molecule has 2 aliphatic rings. The first-order chi connectivity index (χ1) is 18.8. The second-order valence-corrected chi connectivity index (χ2v) is 10.1. The number of para-hydroxylation sites is 2. The number of nitrogens with one attached hydrogen (secondary N) is 2. The number of benzene rings is 3. The van der Waals surface area contributed by atoms with Crippen molar-refractivity contribution in [1.29, 1.82) is 0 Å². The number of halogens is 1. The molecule has 6 rings (SSSR count). The minimum atomic E-state index is -1.20. The Bertz CT molecular complexity index is 1680. The van der Waals surface area contributed by atoms with Gasteiger partial charge in [-0.05, 0) is 48.4 Å². The molecule has 0 aliphatic carbocycles. The van der Waals surface area contributed by atoms with E-state index in [4.69, 9.17) is 11.6 Å². The van der Waals surface area contributed by atoms with Crippen molar-refractivity contribution in [1.82, 2.24) is 15.2 Å². The van der Waals surface area contributed by atoms with Gasteiger partial charge in [-0.3, -0.25) is 19.3 Å². The van der Waals surface area contributed by atoms with Gasteiger partial charge in [0, 0.05) is 28.0 Å². The Kier molecular flexibility index (Phi) is 5.88. The minimum Gasteiger partial charge on any atom is -0.480 e. The van der Waals surface area contributed by atoms with Crippen LogP contribution >= 0.6 is 11.6 Å². The van der Waals surface area contributed by atoms with Crippen molar-refractivity contribution in [3.63, 3.8) is 0 Å². The summed E-state index contributed by atoms with van der Waals surface area (Å²) in [7, 11) is 0. The number of H-pyrrole nitrogens is 1. The maximum absolute atomic E-state index is 14.1. The number of carboxylic acid groups (broad SMARTS) is 1. The number of carboxylic acids is 1. The van der Waals surface area contributed by atoms with Crippen LogP contribution in [0.3, 0.4) is 0 Å². The summed E-state index contributed by atoms with van der Waals surface area (Å²) in [6.45, 7) is 1.34. The smallest absolute Gasteiger partial charge is 0.332 e. The largest absolute Gasteiger partial charge is 0.480 e. The monoisotopic (exact) mass is 542 g/mol. The number of nitrogens with zero attached hydrogens (tertiary/aromatic N) is 2. The third-order valence-corrected chi connectivity index (χ3v) is 7.56. The molecule has 4 amide bonds. The molecular formula is C29H23ClN4O5. The number of amides is 4. The van der Waals surface area contributed by atoms with Gasteiger partial charge in [0.2, 0.25) is 0 Å². The number of aliphatic carboxylic acids is 1. The Morgan fingerprint density at radius 1 is 1.05 bits per heavy atom. The second-order valence-electron chi connectivity index (χ2n) is 9.65. The number of fused-ring (bicyclic) bond motifs is 4. The van der Waals surface area contributed by atoms with Gasteiger partial charge in [0.05, 0.1) is 11.3 Å². The molecule has 0 radical (unpaired) electrons. The highest BCUT2D eigenvalue weighted by Crippen LogP contribution is 2.45. The number of aromatic nitrogens is 1. The fraction of sp³-hybridized carbons (Fsp3) is 0.172. The van der Waals surface area contributed by atoms with E-state index < -0.39 is 41.9 Å². The van der Waals surface area contributed by atoms with E-state index in [-0.39, 0.29) is 11.3 Å². The molecule has 3 aromatic carbocycles. The van der Waals surface area contributed by atoms with Gasteiger partial charge in [0.1, 0.15) is 18.1 Å². The summed E-state index contributed by atoms with van der Waals surface area (Å²) in [5.74, 6) is -2.37. The second kappa shape index (κ2) is 9.28. The summed E-state index contributed by atoms with van der Waals surface area (Å²) >= 11 is 6.34. The SMILES string of the molecule is C[C@@H](NC(=O)c1ccccc1N1C(=O)[C@@H]2Cc3c([nH]c4ccccc34)[C@H](c3cccc(Cl)c3)N2C1=O)C(=O)O. The van der Waals surface area contributed by atoms with Gasteiger partial charge >= 0.3 is 12.0 Å². The average Bonchev–Trinajstić information content (AvgIpc) is 3.41. The van der Waals surface area contributed by atoms with Gasteiger partial charge in [0.25, 0.3) is 11.8 Å². The van der Waals surface area contributed by atoms with Gasteiger partial charge in [-0.2, -0.15) is 0 Å². The number of aromatic amines is 1. The molecule has 0 bridgehead atoms. The van der Waals surface area contributed by atoms with Crippen LogP contribution in [-0.2, 0) is 16.0 Å². The van der Waals surface area contributed by atoms with E-state index in [1.807, 2.05) is 30.3 Å². The first-order valence-electron chi connectivity index (χ1n) is 12.4. The van der Waals surface area contributed by atoms with E-state index in [9.17, 15) is 24.3 Å². The zero-order valence-corrected chi connectivity index (χ0v) is 21.5. The zero-order chi connectivity index (χ0) is 27.4. The molecule has 1 saturated heterocycles. The summed E-state index contributed by atoms with van der Waals surface area (Å²) in [4.78, 5) is 58.4. The Balaban J connectivity index is 1.47. The molecule has 1 aromatic heterocycles. The van der Waals surface area contributed by atoms with Gasteiger partial charge in [0.15, 0.2) is 0 Å². The Labute approximate surface area is 228 Å². The maximum atomic E-state index is 14.1. The number of hydrogen-bond acceptors (Lipinski definition) is 4. The first kappa shape index (κ1) is 24.7. The molecular weight excluding hydrogens is 520 g/mol. The normalized spacial score (nSPS) is 19.1. The average molecular weight is 543 g/mol. The van der Waals surface area contributed by atoms with Gasteiger partial charge < -0.3 is 15.4 Å². The number of carbonyl (C=O) groups is 4. The summed E-state index contributed by atoms with van der Waals surface area (Å²) in [6, 6.07) is 18.0. The third-order valence-electron chi connectivity index (χ3n) is 7.32. The van der Waals surface area contributed by atoms with E-state index in [2.05, 4.69) is 10.3 Å². The first-order valence-corrected chi connectivity index (χ1v) is 12.8. The quantitative estimate of drug-likeness (QED) is 0.320. The maximum Gasteiger partial charge on any atom is 0.332 e. The van der Waals surface area contributed by atoms with Gasteiger partial charge in [-0.1, -0.05) is 54.1 Å². The third kappa shape index (κ3) is 3.93. The molecule has 10 heteroatoms. The summed E-state index contributed by atoms with van der Waals surface area (Å²) in [5, 5.41) is 13.1. The molecule has 3 atom stereocenters. The molecule has 1 fully saturated rings. The fourth-order valence-electron chi connectivity index (χ4n) is 5.52. The molecule has 39 heavy (non-hydrogen) atoms. The number of anilines is 1. The van der Waals surface area contributed by atoms with Crippen LogP contribution in [0.15, 0.2) is 72.8 Å². The van der Waals surface area contributed by atoms with Crippen molar-refractivity contribution in [2.24, 2.45) is 0 Å². The highest BCUT2D eigenvalue weighted by atomic mass is 35.5. The predicted octanol–water partition coefficient (Wildman–Crippen LogP) is 4.51.